The standard InChI is InChI=1S/C16H17N4.Ir/c1-16(2,3)14-9-11-20(17-14)15-10-12-19(18-15)13-7-5-4-6-8-13;/h4-10,12H,1-3H3;/q-1;. The topological polar surface area (TPSA) is 35.6 Å². The maximum absolute atomic E-state index is 4.54. The Morgan fingerprint density at radius 1 is 1.00 bits per heavy atom. The molecule has 21 heavy (non-hydrogen) atoms. The van der Waals surface area contributed by atoms with E-state index in [1.54, 1.807) is 4.68 Å². The van der Waals surface area contributed by atoms with Crippen LogP contribution in [0.5, 0.6) is 0 Å². The summed E-state index contributed by atoms with van der Waals surface area (Å²) in [7, 11) is 0. The largest absolute Gasteiger partial charge is 0.342 e. The predicted octanol–water partition coefficient (Wildman–Crippen LogP) is 3.15. The van der Waals surface area contributed by atoms with Gasteiger partial charge in [0.25, 0.3) is 0 Å². The van der Waals surface area contributed by atoms with Crippen LogP contribution < -0.4 is 0 Å². The van der Waals surface area contributed by atoms with Crippen molar-refractivity contribution >= 4 is 0 Å². The van der Waals surface area contributed by atoms with Gasteiger partial charge < -0.3 is 4.68 Å². The Balaban J connectivity index is 0.00000161. The summed E-state index contributed by atoms with van der Waals surface area (Å²) in [6.45, 7) is 6.41. The number of hydrogen-bond acceptors (Lipinski definition) is 2. The third-order valence-corrected chi connectivity index (χ3v) is 3.11. The van der Waals surface area contributed by atoms with Gasteiger partial charge in [-0.2, -0.15) is 0 Å². The van der Waals surface area contributed by atoms with Gasteiger partial charge in [-0.05, 0) is 23.2 Å². The fraction of sp³-hybridized carbons (Fsp3) is 0.250. The Morgan fingerprint density at radius 2 is 1.71 bits per heavy atom. The van der Waals surface area contributed by atoms with E-state index in [9.17, 15) is 0 Å². The average Bonchev–Trinajstić information content (AvgIpc) is 3.08. The quantitative estimate of drug-likeness (QED) is 0.555. The molecule has 0 aliphatic rings. The van der Waals surface area contributed by atoms with Crippen LogP contribution in [-0.4, -0.2) is 19.6 Å². The predicted molar refractivity (Wildman–Crippen MR) is 78.2 cm³/mol. The summed E-state index contributed by atoms with van der Waals surface area (Å²) in [5, 5.41) is 9.08. The molecular formula is C16H17IrN4-. The van der Waals surface area contributed by atoms with E-state index >= 15 is 0 Å². The van der Waals surface area contributed by atoms with Crippen LogP contribution in [0.25, 0.3) is 11.5 Å². The Labute approximate surface area is 138 Å². The number of benzene rings is 1. The molecule has 0 fully saturated rings. The van der Waals surface area contributed by atoms with E-state index in [0.29, 0.717) is 0 Å². The van der Waals surface area contributed by atoms with Gasteiger partial charge in [-0.1, -0.05) is 51.2 Å². The zero-order chi connectivity index (χ0) is 14.2. The molecule has 0 aliphatic carbocycles. The Bertz CT molecular complexity index is 707. The molecule has 4 nitrogen and oxygen atoms in total. The summed E-state index contributed by atoms with van der Waals surface area (Å²) >= 11 is 0. The second-order valence-electron chi connectivity index (χ2n) is 5.77. The zero-order valence-electron chi connectivity index (χ0n) is 12.2. The number of nitrogens with zero attached hydrogens (tertiary/aromatic N) is 4. The van der Waals surface area contributed by atoms with Crippen LogP contribution in [0.1, 0.15) is 26.5 Å². The second-order valence-corrected chi connectivity index (χ2v) is 5.77. The molecule has 3 aromatic rings. The van der Waals surface area contributed by atoms with E-state index in [0.717, 1.165) is 17.2 Å². The summed E-state index contributed by atoms with van der Waals surface area (Å²) in [4.78, 5) is 0. The second kappa shape index (κ2) is 5.96. The van der Waals surface area contributed by atoms with Gasteiger partial charge in [0, 0.05) is 26.3 Å². The third-order valence-electron chi connectivity index (χ3n) is 3.11. The van der Waals surface area contributed by atoms with Crippen molar-refractivity contribution in [3.05, 3.63) is 60.6 Å². The van der Waals surface area contributed by atoms with Crippen molar-refractivity contribution < 1.29 is 20.1 Å². The van der Waals surface area contributed by atoms with Crippen LogP contribution in [0.4, 0.5) is 0 Å². The molecule has 0 bridgehead atoms. The summed E-state index contributed by atoms with van der Waals surface area (Å²) < 4.78 is 3.53. The molecule has 0 amide bonds. The SMILES string of the molecule is CC(C)(C)c1c[c-]n(-c2ccn(-c3ccccc3)n2)n1.[Ir]. The van der Waals surface area contributed by atoms with Crippen molar-refractivity contribution in [2.75, 3.05) is 0 Å². The monoisotopic (exact) mass is 458 g/mol. The van der Waals surface area contributed by atoms with Crippen molar-refractivity contribution in [1.29, 1.82) is 0 Å². The van der Waals surface area contributed by atoms with Gasteiger partial charge in [0.05, 0.1) is 11.5 Å². The zero-order valence-corrected chi connectivity index (χ0v) is 14.6. The molecule has 5 heteroatoms. The van der Waals surface area contributed by atoms with Gasteiger partial charge in [-0.15, -0.1) is 6.07 Å². The first-order valence-electron chi connectivity index (χ1n) is 6.64. The molecule has 1 radical (unpaired) electrons. The minimum absolute atomic E-state index is 0. The van der Waals surface area contributed by atoms with Crippen molar-refractivity contribution in [2.45, 2.75) is 26.2 Å². The fourth-order valence-electron chi connectivity index (χ4n) is 1.92. The molecule has 0 spiro atoms. The Hall–Kier alpha value is -1.71. The minimum Gasteiger partial charge on any atom is -0.342 e. The normalized spacial score (nSPS) is 11.2. The third kappa shape index (κ3) is 3.31. The van der Waals surface area contributed by atoms with Crippen LogP contribution >= 0.6 is 0 Å². The van der Waals surface area contributed by atoms with E-state index in [1.807, 2.05) is 53.3 Å². The molecule has 0 aliphatic heterocycles. The minimum atomic E-state index is 0. The molecule has 2 aromatic heterocycles. The fourth-order valence-corrected chi connectivity index (χ4v) is 1.92. The van der Waals surface area contributed by atoms with Gasteiger partial charge >= 0.3 is 0 Å². The number of hydrogen-bond donors (Lipinski definition) is 0. The molecule has 0 saturated carbocycles. The molecule has 0 unspecified atom stereocenters. The van der Waals surface area contributed by atoms with E-state index in [1.165, 1.54) is 0 Å². The summed E-state index contributed by atoms with van der Waals surface area (Å²) in [6, 6.07) is 13.9. The van der Waals surface area contributed by atoms with Gasteiger partial charge in [-0.25, -0.2) is 5.10 Å². The number of para-hydroxylation sites is 1. The van der Waals surface area contributed by atoms with Crippen molar-refractivity contribution in [2.24, 2.45) is 0 Å². The van der Waals surface area contributed by atoms with Crippen LogP contribution in [0.2, 0.25) is 0 Å². The molecule has 1 aromatic carbocycles. The molecule has 2 heterocycles. The smallest absolute Gasteiger partial charge is 0.0744 e. The molecule has 111 valence electrons. The average molecular weight is 458 g/mol. The van der Waals surface area contributed by atoms with E-state index in [4.69, 9.17) is 0 Å². The summed E-state index contributed by atoms with van der Waals surface area (Å²) in [5.41, 5.74) is 2.05. The van der Waals surface area contributed by atoms with E-state index in [2.05, 4.69) is 37.2 Å². The van der Waals surface area contributed by atoms with Crippen LogP contribution in [0.15, 0.2) is 48.7 Å². The van der Waals surface area contributed by atoms with Gasteiger partial charge in [0.1, 0.15) is 0 Å². The molecule has 0 N–H and O–H groups in total. The molecule has 0 atom stereocenters. The van der Waals surface area contributed by atoms with Crippen molar-refractivity contribution in [3.8, 4) is 11.5 Å². The Morgan fingerprint density at radius 3 is 2.33 bits per heavy atom. The first kappa shape index (κ1) is 15.7. The molecule has 3 rings (SSSR count). The van der Waals surface area contributed by atoms with Gasteiger partial charge in [-0.3, -0.25) is 9.78 Å². The summed E-state index contributed by atoms with van der Waals surface area (Å²) in [5.74, 6) is 0.768. The maximum Gasteiger partial charge on any atom is 0.0744 e. The summed E-state index contributed by atoms with van der Waals surface area (Å²) in [6.07, 6.45) is 5.05. The van der Waals surface area contributed by atoms with Gasteiger partial charge in [0.15, 0.2) is 0 Å². The van der Waals surface area contributed by atoms with E-state index in [-0.39, 0.29) is 25.5 Å². The molecular weight excluding hydrogens is 440 g/mol. The van der Waals surface area contributed by atoms with E-state index < -0.39 is 0 Å². The van der Waals surface area contributed by atoms with Crippen LogP contribution in [0, 0.1) is 6.20 Å². The van der Waals surface area contributed by atoms with Crippen molar-refractivity contribution in [3.63, 3.8) is 0 Å². The van der Waals surface area contributed by atoms with Crippen LogP contribution in [0.3, 0.4) is 0 Å². The maximum atomic E-state index is 4.54. The van der Waals surface area contributed by atoms with Gasteiger partial charge in [0.2, 0.25) is 0 Å². The number of aromatic nitrogens is 4. The first-order valence-corrected chi connectivity index (χ1v) is 6.64. The molecule has 0 saturated heterocycles. The van der Waals surface area contributed by atoms with Crippen LogP contribution in [-0.2, 0) is 25.5 Å². The Kier molecular flexibility index (Phi) is 4.45. The van der Waals surface area contributed by atoms with Crippen molar-refractivity contribution in [1.82, 2.24) is 19.6 Å². The first-order chi connectivity index (χ1) is 9.54. The number of rotatable bonds is 2.